The highest BCUT2D eigenvalue weighted by Gasteiger charge is 2.19. The lowest BCUT2D eigenvalue weighted by atomic mass is 10.3. The highest BCUT2D eigenvalue weighted by molar-refractivity contribution is 5.98. The van der Waals surface area contributed by atoms with E-state index in [1.165, 1.54) is 0 Å². The number of aromatic nitrogens is 2. The van der Waals surface area contributed by atoms with Crippen molar-refractivity contribution < 1.29 is 27.8 Å². The van der Waals surface area contributed by atoms with Crippen LogP contribution in [-0.4, -0.2) is 35.3 Å². The monoisotopic (exact) mass is 403 g/mol. The van der Waals surface area contributed by atoms with Crippen LogP contribution in [0.2, 0.25) is 0 Å². The van der Waals surface area contributed by atoms with Gasteiger partial charge in [0, 0.05) is 12.5 Å². The van der Waals surface area contributed by atoms with E-state index < -0.39 is 6.55 Å². The minimum atomic E-state index is -2.72. The maximum Gasteiger partial charge on any atom is 0.320 e. The molecule has 0 N–H and O–H groups in total. The third-order valence-corrected chi connectivity index (χ3v) is 4.31. The van der Waals surface area contributed by atoms with Crippen LogP contribution in [0, 0.1) is 0 Å². The van der Waals surface area contributed by atoms with Crippen LogP contribution >= 0.6 is 0 Å². The quantitative estimate of drug-likeness (QED) is 0.317. The summed E-state index contributed by atoms with van der Waals surface area (Å²) in [5.41, 5.74) is 1.11. The fourth-order valence-electron chi connectivity index (χ4n) is 2.96. The molecule has 9 heteroatoms. The number of halogens is 2. The summed E-state index contributed by atoms with van der Waals surface area (Å²) >= 11 is 0. The van der Waals surface area contributed by atoms with Crippen LogP contribution in [0.3, 0.4) is 0 Å². The zero-order valence-electron chi connectivity index (χ0n) is 15.7. The molecule has 0 spiro atoms. The molecule has 0 saturated heterocycles. The molecular formula is C20H19F2N3O4. The van der Waals surface area contributed by atoms with E-state index in [0.717, 1.165) is 4.57 Å². The van der Waals surface area contributed by atoms with Crippen LogP contribution in [0.1, 0.15) is 25.7 Å². The normalized spacial score (nSPS) is 13.3. The van der Waals surface area contributed by atoms with Gasteiger partial charge in [0.25, 0.3) is 0 Å². The SMILES string of the molecule is C/C(=N/OCCCOc1ccc2c(c1)OCO2)c1nc2ccccc2n1C(F)F. The molecule has 0 unspecified atom stereocenters. The summed E-state index contributed by atoms with van der Waals surface area (Å²) in [6.45, 7) is -0.245. The predicted molar refractivity (Wildman–Crippen MR) is 102 cm³/mol. The Morgan fingerprint density at radius 3 is 2.86 bits per heavy atom. The summed E-state index contributed by atoms with van der Waals surface area (Å²) < 4.78 is 44.0. The summed E-state index contributed by atoms with van der Waals surface area (Å²) in [7, 11) is 0. The van der Waals surface area contributed by atoms with Crippen molar-refractivity contribution in [3.8, 4) is 17.2 Å². The number of oxime groups is 1. The number of nitrogens with zero attached hydrogens (tertiary/aromatic N) is 3. The number of para-hydroxylation sites is 2. The van der Waals surface area contributed by atoms with Gasteiger partial charge in [0.05, 0.1) is 17.6 Å². The number of alkyl halides is 2. The summed E-state index contributed by atoms with van der Waals surface area (Å²) in [4.78, 5) is 9.50. The van der Waals surface area contributed by atoms with E-state index in [9.17, 15) is 8.78 Å². The highest BCUT2D eigenvalue weighted by atomic mass is 19.3. The maximum absolute atomic E-state index is 13.5. The summed E-state index contributed by atoms with van der Waals surface area (Å²) in [5, 5.41) is 3.93. The van der Waals surface area contributed by atoms with Crippen molar-refractivity contribution >= 4 is 16.7 Å². The lowest BCUT2D eigenvalue weighted by molar-refractivity contribution is 0.0736. The molecule has 1 aliphatic rings. The average molecular weight is 403 g/mol. The smallest absolute Gasteiger partial charge is 0.320 e. The highest BCUT2D eigenvalue weighted by Crippen LogP contribution is 2.35. The van der Waals surface area contributed by atoms with E-state index in [0.29, 0.717) is 41.3 Å². The van der Waals surface area contributed by atoms with E-state index >= 15 is 0 Å². The van der Waals surface area contributed by atoms with Gasteiger partial charge in [-0.1, -0.05) is 17.3 Å². The molecule has 0 atom stereocenters. The second-order valence-corrected chi connectivity index (χ2v) is 6.30. The van der Waals surface area contributed by atoms with E-state index in [2.05, 4.69) is 10.1 Å². The number of ether oxygens (including phenoxy) is 3. The Bertz CT molecular complexity index is 1040. The first-order chi connectivity index (χ1) is 14.1. The second-order valence-electron chi connectivity index (χ2n) is 6.30. The van der Waals surface area contributed by atoms with Gasteiger partial charge in [0.2, 0.25) is 6.79 Å². The topological polar surface area (TPSA) is 67.1 Å². The molecule has 0 radical (unpaired) electrons. The lowest BCUT2D eigenvalue weighted by Gasteiger charge is -2.08. The Morgan fingerprint density at radius 1 is 1.17 bits per heavy atom. The molecule has 0 amide bonds. The molecule has 7 nitrogen and oxygen atoms in total. The molecule has 1 aromatic heterocycles. The van der Waals surface area contributed by atoms with Gasteiger partial charge in [0.1, 0.15) is 18.1 Å². The molecule has 1 aliphatic heterocycles. The Labute approximate surface area is 165 Å². The van der Waals surface area contributed by atoms with Crippen LogP contribution in [0.5, 0.6) is 17.2 Å². The lowest BCUT2D eigenvalue weighted by Crippen LogP contribution is -2.10. The van der Waals surface area contributed by atoms with Crippen molar-refractivity contribution in [2.75, 3.05) is 20.0 Å². The van der Waals surface area contributed by atoms with Crippen LogP contribution in [-0.2, 0) is 4.84 Å². The van der Waals surface area contributed by atoms with Crippen LogP contribution in [0.25, 0.3) is 11.0 Å². The number of hydrogen-bond donors (Lipinski definition) is 0. The molecule has 2 heterocycles. The maximum atomic E-state index is 13.5. The largest absolute Gasteiger partial charge is 0.493 e. The van der Waals surface area contributed by atoms with E-state index in [4.69, 9.17) is 19.0 Å². The Kier molecular flexibility index (Phi) is 5.46. The number of hydrogen-bond acceptors (Lipinski definition) is 6. The number of rotatable bonds is 8. The third-order valence-electron chi connectivity index (χ3n) is 4.31. The third kappa shape index (κ3) is 4.08. The average Bonchev–Trinajstić information content (AvgIpc) is 3.34. The summed E-state index contributed by atoms with van der Waals surface area (Å²) in [6, 6.07) is 12.1. The second kappa shape index (κ2) is 8.34. The molecule has 0 saturated carbocycles. The van der Waals surface area contributed by atoms with Crippen molar-refractivity contribution in [3.63, 3.8) is 0 Å². The van der Waals surface area contributed by atoms with Crippen molar-refractivity contribution in [3.05, 3.63) is 48.3 Å². The van der Waals surface area contributed by atoms with Crippen molar-refractivity contribution in [2.24, 2.45) is 5.16 Å². The summed E-state index contributed by atoms with van der Waals surface area (Å²) in [5.74, 6) is 2.10. The molecule has 3 aromatic rings. The first-order valence-corrected chi connectivity index (χ1v) is 9.08. The fraction of sp³-hybridized carbons (Fsp3) is 0.300. The predicted octanol–water partition coefficient (Wildman–Crippen LogP) is 4.37. The first-order valence-electron chi connectivity index (χ1n) is 9.08. The van der Waals surface area contributed by atoms with Crippen LogP contribution in [0.4, 0.5) is 8.78 Å². The van der Waals surface area contributed by atoms with Crippen molar-refractivity contribution in [2.45, 2.75) is 19.9 Å². The molecule has 0 fully saturated rings. The van der Waals surface area contributed by atoms with Gasteiger partial charge < -0.3 is 19.0 Å². The van der Waals surface area contributed by atoms with Gasteiger partial charge >= 0.3 is 6.55 Å². The minimum Gasteiger partial charge on any atom is -0.493 e. The molecular weight excluding hydrogens is 384 g/mol. The number of fused-ring (bicyclic) bond motifs is 2. The van der Waals surface area contributed by atoms with Gasteiger partial charge in [-0.25, -0.2) is 4.98 Å². The first kappa shape index (κ1) is 19.0. The van der Waals surface area contributed by atoms with Crippen LogP contribution < -0.4 is 14.2 Å². The molecule has 4 rings (SSSR count). The molecule has 2 aromatic carbocycles. The van der Waals surface area contributed by atoms with Crippen LogP contribution in [0.15, 0.2) is 47.6 Å². The van der Waals surface area contributed by atoms with Gasteiger partial charge in [-0.15, -0.1) is 0 Å². The molecule has 29 heavy (non-hydrogen) atoms. The van der Waals surface area contributed by atoms with E-state index in [1.54, 1.807) is 49.4 Å². The van der Waals surface area contributed by atoms with E-state index in [1.807, 2.05) is 0 Å². The summed E-state index contributed by atoms with van der Waals surface area (Å²) in [6.07, 6.45) is 0.566. The number of benzene rings is 2. The zero-order chi connectivity index (χ0) is 20.2. The minimum absolute atomic E-state index is 0.0813. The van der Waals surface area contributed by atoms with Crippen molar-refractivity contribution in [1.29, 1.82) is 0 Å². The number of imidazole rings is 1. The fourth-order valence-corrected chi connectivity index (χ4v) is 2.96. The Hall–Kier alpha value is -3.36. The standard InChI is InChI=1S/C20H19F2N3O4/c1-13(19-23-15-5-2-3-6-16(15)25(19)20(21)22)24-29-10-4-9-26-14-7-8-17-18(11-14)28-12-27-17/h2-3,5-8,11,20H,4,9-10,12H2,1H3/b24-13-. The molecule has 0 bridgehead atoms. The molecule has 0 aliphatic carbocycles. The van der Waals surface area contributed by atoms with Gasteiger partial charge in [-0.05, 0) is 31.2 Å². The van der Waals surface area contributed by atoms with Gasteiger partial charge in [0.15, 0.2) is 17.3 Å². The Balaban J connectivity index is 1.31. The Morgan fingerprint density at radius 2 is 2.00 bits per heavy atom. The van der Waals surface area contributed by atoms with Crippen molar-refractivity contribution in [1.82, 2.24) is 9.55 Å². The van der Waals surface area contributed by atoms with Gasteiger partial charge in [-0.2, -0.15) is 8.78 Å². The van der Waals surface area contributed by atoms with Gasteiger partial charge in [-0.3, -0.25) is 4.57 Å². The zero-order valence-corrected chi connectivity index (χ0v) is 15.7. The van der Waals surface area contributed by atoms with E-state index in [-0.39, 0.29) is 24.9 Å². The molecule has 152 valence electrons.